The van der Waals surface area contributed by atoms with Crippen LogP contribution < -0.4 is 10.0 Å². The molecule has 9 heteroatoms. The van der Waals surface area contributed by atoms with Gasteiger partial charge < -0.3 is 10.4 Å². The van der Waals surface area contributed by atoms with Crippen LogP contribution in [0.4, 0.5) is 5.69 Å². The quantitative estimate of drug-likeness (QED) is 0.625. The first-order valence-corrected chi connectivity index (χ1v) is 8.59. The van der Waals surface area contributed by atoms with Gasteiger partial charge in [-0.1, -0.05) is 11.6 Å². The van der Waals surface area contributed by atoms with Gasteiger partial charge in [-0.3, -0.25) is 9.69 Å². The number of aliphatic hydroxyl groups is 1. The minimum atomic E-state index is -3.61. The van der Waals surface area contributed by atoms with Crippen molar-refractivity contribution >= 4 is 33.2 Å². The van der Waals surface area contributed by atoms with Gasteiger partial charge in [0.1, 0.15) is 5.75 Å². The smallest absolute Gasteiger partial charge is 0.240 e. The summed E-state index contributed by atoms with van der Waals surface area (Å²) in [6, 6.07) is 4.91. The molecule has 1 amide bonds. The lowest BCUT2D eigenvalue weighted by Gasteiger charge is -2.17. The zero-order valence-electron chi connectivity index (χ0n) is 12.5. The van der Waals surface area contributed by atoms with Crippen LogP contribution in [0.3, 0.4) is 0 Å². The number of amides is 1. The fourth-order valence-electron chi connectivity index (χ4n) is 1.76. The van der Waals surface area contributed by atoms with E-state index in [1.807, 2.05) is 11.9 Å². The van der Waals surface area contributed by atoms with Crippen molar-refractivity contribution in [1.29, 1.82) is 0 Å². The third-order valence-electron chi connectivity index (χ3n) is 2.88. The number of hydrogen-bond donors (Lipinski definition) is 3. The second-order valence-corrected chi connectivity index (χ2v) is 7.11. The number of carbonyl (C=O) groups excluding carboxylic acids is 1. The van der Waals surface area contributed by atoms with Crippen LogP contribution in [0, 0.1) is 0 Å². The first kappa shape index (κ1) is 18.9. The molecule has 7 nitrogen and oxygen atoms in total. The number of benzene rings is 1. The van der Waals surface area contributed by atoms with Gasteiger partial charge in [0.15, 0.2) is 0 Å². The van der Waals surface area contributed by atoms with Gasteiger partial charge in [0.05, 0.1) is 6.61 Å². The second-order valence-electron chi connectivity index (χ2n) is 4.78. The van der Waals surface area contributed by atoms with Crippen LogP contribution in [0.15, 0.2) is 18.2 Å². The third-order valence-corrected chi connectivity index (χ3v) is 4.52. The molecule has 1 aromatic carbocycles. The summed E-state index contributed by atoms with van der Waals surface area (Å²) in [5.41, 5.74) is 1.24. The minimum Gasteiger partial charge on any atom is -0.395 e. The molecule has 0 spiro atoms. The summed E-state index contributed by atoms with van der Waals surface area (Å²) >= 11 is 6.10. The fraction of sp³-hybridized carbons (Fsp3) is 0.462. The van der Waals surface area contributed by atoms with Crippen LogP contribution in [0.5, 0.6) is 0 Å². The number of aliphatic hydroxyl groups excluding tert-OH is 1. The Morgan fingerprint density at radius 2 is 2.09 bits per heavy atom. The maximum absolute atomic E-state index is 11.7. The fourth-order valence-corrected chi connectivity index (χ4v) is 2.50. The Labute approximate surface area is 135 Å². The molecule has 3 N–H and O–H groups in total. The highest BCUT2D eigenvalue weighted by atomic mass is 35.5. The van der Waals surface area contributed by atoms with E-state index in [9.17, 15) is 13.2 Å². The summed E-state index contributed by atoms with van der Waals surface area (Å²) in [7, 11) is -0.527. The van der Waals surface area contributed by atoms with Crippen molar-refractivity contribution < 1.29 is 18.3 Å². The van der Waals surface area contributed by atoms with Gasteiger partial charge in [-0.2, -0.15) is 0 Å². The molecule has 1 aromatic rings. The highest BCUT2D eigenvalue weighted by Gasteiger charge is 2.15. The lowest BCUT2D eigenvalue weighted by molar-refractivity contribution is -0.113. The minimum absolute atomic E-state index is 0.0341. The molecule has 0 atom stereocenters. The molecule has 22 heavy (non-hydrogen) atoms. The Hall–Kier alpha value is -1.19. The summed E-state index contributed by atoms with van der Waals surface area (Å²) in [5, 5.41) is 11.9. The summed E-state index contributed by atoms with van der Waals surface area (Å²) in [6.07, 6.45) is 0. The molecule has 0 aromatic heterocycles. The maximum Gasteiger partial charge on any atom is 0.240 e. The van der Waals surface area contributed by atoms with E-state index in [0.717, 1.165) is 5.56 Å². The molecular formula is C13H20ClN3O4S. The van der Waals surface area contributed by atoms with Crippen molar-refractivity contribution in [2.45, 2.75) is 6.54 Å². The van der Waals surface area contributed by atoms with Gasteiger partial charge in [0.25, 0.3) is 0 Å². The molecule has 124 valence electrons. The number of halogens is 1. The monoisotopic (exact) mass is 349 g/mol. The molecule has 1 rings (SSSR count). The normalized spacial score (nSPS) is 11.7. The third kappa shape index (κ3) is 6.29. The molecular weight excluding hydrogens is 330 g/mol. The molecule has 0 heterocycles. The van der Waals surface area contributed by atoms with Crippen molar-refractivity contribution in [2.24, 2.45) is 0 Å². The van der Waals surface area contributed by atoms with E-state index in [1.54, 1.807) is 18.2 Å². The van der Waals surface area contributed by atoms with Crippen LogP contribution >= 0.6 is 11.6 Å². The van der Waals surface area contributed by atoms with Gasteiger partial charge in [-0.15, -0.1) is 0 Å². The highest BCUT2D eigenvalue weighted by molar-refractivity contribution is 7.90. The van der Waals surface area contributed by atoms with Crippen molar-refractivity contribution in [3.63, 3.8) is 0 Å². The largest absolute Gasteiger partial charge is 0.395 e. The van der Waals surface area contributed by atoms with Crippen molar-refractivity contribution in [1.82, 2.24) is 9.62 Å². The lowest BCUT2D eigenvalue weighted by atomic mass is 10.2. The summed E-state index contributed by atoms with van der Waals surface area (Å²) in [4.78, 5) is 13.6. The molecule has 0 aliphatic rings. The number of hydrogen-bond acceptors (Lipinski definition) is 5. The average Bonchev–Trinajstić information content (AvgIpc) is 2.42. The summed E-state index contributed by atoms with van der Waals surface area (Å²) < 4.78 is 24.7. The van der Waals surface area contributed by atoms with Crippen LogP contribution in [-0.2, 0) is 21.4 Å². The molecule has 0 saturated carbocycles. The topological polar surface area (TPSA) is 98.7 Å². The van der Waals surface area contributed by atoms with E-state index < -0.39 is 21.7 Å². The van der Waals surface area contributed by atoms with Crippen molar-refractivity contribution in [3.05, 3.63) is 28.8 Å². The Morgan fingerprint density at radius 1 is 1.41 bits per heavy atom. The number of nitrogens with one attached hydrogen (secondary N) is 2. The Balaban J connectivity index is 2.78. The first-order valence-electron chi connectivity index (χ1n) is 6.56. The van der Waals surface area contributed by atoms with Crippen molar-refractivity contribution in [2.75, 3.05) is 38.3 Å². The van der Waals surface area contributed by atoms with E-state index in [2.05, 4.69) is 10.0 Å². The molecule has 0 saturated heterocycles. The second kappa shape index (κ2) is 8.44. The van der Waals surface area contributed by atoms with Gasteiger partial charge >= 0.3 is 0 Å². The summed E-state index contributed by atoms with van der Waals surface area (Å²) in [6.45, 7) is 1.03. The number of sulfonamides is 1. The highest BCUT2D eigenvalue weighted by Crippen LogP contribution is 2.21. The SMILES string of the molecule is CNS(=O)(=O)CC(=O)Nc1ccc(Cl)c(CN(C)CCO)c1. The number of nitrogens with zero attached hydrogens (tertiary/aromatic N) is 1. The van der Waals surface area contributed by atoms with E-state index in [0.29, 0.717) is 23.8 Å². The van der Waals surface area contributed by atoms with Crippen LogP contribution in [-0.4, -0.2) is 57.3 Å². The van der Waals surface area contributed by atoms with Gasteiger partial charge in [-0.25, -0.2) is 13.1 Å². The molecule has 0 fully saturated rings. The van der Waals surface area contributed by atoms with E-state index >= 15 is 0 Å². The first-order chi connectivity index (χ1) is 10.3. The zero-order valence-corrected chi connectivity index (χ0v) is 14.0. The Bertz CT molecular complexity index is 622. The predicted octanol–water partition coefficient (Wildman–Crippen LogP) is 0.252. The lowest BCUT2D eigenvalue weighted by Crippen LogP contribution is -2.30. The number of carbonyl (C=O) groups is 1. The number of rotatable bonds is 8. The van der Waals surface area contributed by atoms with Crippen LogP contribution in [0.1, 0.15) is 5.56 Å². The average molecular weight is 350 g/mol. The molecule has 0 radical (unpaired) electrons. The van der Waals surface area contributed by atoms with Crippen LogP contribution in [0.2, 0.25) is 5.02 Å². The van der Waals surface area contributed by atoms with Crippen molar-refractivity contribution in [3.8, 4) is 0 Å². The Morgan fingerprint density at radius 3 is 2.68 bits per heavy atom. The standard InChI is InChI=1S/C13H20ClN3O4S/c1-15-22(20,21)9-13(19)16-11-3-4-12(14)10(7-11)8-17(2)5-6-18/h3-4,7,15,18H,5-6,8-9H2,1-2H3,(H,16,19). The van der Waals surface area contributed by atoms with E-state index in [4.69, 9.17) is 16.7 Å². The van der Waals surface area contributed by atoms with E-state index in [-0.39, 0.29) is 6.61 Å². The van der Waals surface area contributed by atoms with Gasteiger partial charge in [0.2, 0.25) is 15.9 Å². The van der Waals surface area contributed by atoms with E-state index in [1.165, 1.54) is 7.05 Å². The molecule has 0 aliphatic carbocycles. The molecule has 0 unspecified atom stereocenters. The number of anilines is 1. The maximum atomic E-state index is 11.7. The zero-order chi connectivity index (χ0) is 16.8. The van der Waals surface area contributed by atoms with Crippen LogP contribution in [0.25, 0.3) is 0 Å². The number of likely N-dealkylation sites (N-methyl/N-ethyl adjacent to an activating group) is 1. The molecule has 0 aliphatic heterocycles. The molecule has 0 bridgehead atoms. The predicted molar refractivity (Wildman–Crippen MR) is 86.3 cm³/mol. The summed E-state index contributed by atoms with van der Waals surface area (Å²) in [5.74, 6) is -1.28. The van der Waals surface area contributed by atoms with Gasteiger partial charge in [0, 0.05) is 23.8 Å². The van der Waals surface area contributed by atoms with Gasteiger partial charge in [-0.05, 0) is 37.9 Å². The Kier molecular flexibility index (Phi) is 7.24.